The molecule has 1 amide bonds. The Labute approximate surface area is 123 Å². The number of rotatable bonds is 6. The van der Waals surface area contributed by atoms with Crippen LogP contribution in [0.4, 0.5) is 5.69 Å². The summed E-state index contributed by atoms with van der Waals surface area (Å²) in [5.41, 5.74) is 0.193. The minimum Gasteiger partial charge on any atom is -0.339 e. The highest BCUT2D eigenvalue weighted by Crippen LogP contribution is 2.24. The molecule has 6 heteroatoms. The monoisotopic (exact) mass is 298 g/mol. The number of nitro benzene ring substituents is 1. The molecule has 0 aliphatic carbocycles. The van der Waals surface area contributed by atoms with Crippen LogP contribution in [-0.4, -0.2) is 28.8 Å². The van der Waals surface area contributed by atoms with Crippen LogP contribution in [0.2, 0.25) is 5.02 Å². The molecule has 0 heterocycles. The molecule has 110 valence electrons. The molecule has 0 spiro atoms. The van der Waals surface area contributed by atoms with Crippen molar-refractivity contribution in [3.8, 4) is 0 Å². The third-order valence-corrected chi connectivity index (χ3v) is 3.60. The highest BCUT2D eigenvalue weighted by molar-refractivity contribution is 6.34. The predicted octanol–water partition coefficient (Wildman–Crippen LogP) is 3.76. The molecule has 0 saturated carbocycles. The topological polar surface area (TPSA) is 63.5 Å². The Morgan fingerprint density at radius 2 is 2.10 bits per heavy atom. The van der Waals surface area contributed by atoms with Crippen LogP contribution in [0.1, 0.15) is 37.6 Å². The van der Waals surface area contributed by atoms with Gasteiger partial charge in [-0.2, -0.15) is 0 Å². The number of hydrogen-bond acceptors (Lipinski definition) is 3. The number of nitrogens with zero attached hydrogens (tertiary/aromatic N) is 2. The van der Waals surface area contributed by atoms with Gasteiger partial charge in [0.1, 0.15) is 0 Å². The van der Waals surface area contributed by atoms with Crippen molar-refractivity contribution in [1.29, 1.82) is 0 Å². The molecule has 0 N–H and O–H groups in total. The normalized spacial score (nSPS) is 12.0. The lowest BCUT2D eigenvalue weighted by Gasteiger charge is -2.24. The van der Waals surface area contributed by atoms with Crippen molar-refractivity contribution in [3.05, 3.63) is 38.9 Å². The molecular formula is C14H19ClN2O3. The summed E-state index contributed by atoms with van der Waals surface area (Å²) in [5.74, 6) is 0.212. The third kappa shape index (κ3) is 3.93. The maximum atomic E-state index is 12.4. The molecular weight excluding hydrogens is 280 g/mol. The fraction of sp³-hybridized carbons (Fsp3) is 0.500. The van der Waals surface area contributed by atoms with Crippen LogP contribution < -0.4 is 0 Å². The molecule has 0 fully saturated rings. The number of carbonyl (C=O) groups is 1. The van der Waals surface area contributed by atoms with E-state index in [0.717, 1.165) is 6.42 Å². The highest BCUT2D eigenvalue weighted by atomic mass is 35.5. The van der Waals surface area contributed by atoms with Crippen molar-refractivity contribution in [2.24, 2.45) is 5.92 Å². The molecule has 5 nitrogen and oxygen atoms in total. The zero-order chi connectivity index (χ0) is 15.3. The van der Waals surface area contributed by atoms with Gasteiger partial charge in [-0.05, 0) is 18.9 Å². The highest BCUT2D eigenvalue weighted by Gasteiger charge is 2.20. The zero-order valence-electron chi connectivity index (χ0n) is 11.9. The number of benzene rings is 1. The molecule has 1 unspecified atom stereocenters. The van der Waals surface area contributed by atoms with Crippen molar-refractivity contribution >= 4 is 23.2 Å². The summed E-state index contributed by atoms with van der Waals surface area (Å²) < 4.78 is 0. The van der Waals surface area contributed by atoms with Crippen LogP contribution in [0.3, 0.4) is 0 Å². The summed E-state index contributed by atoms with van der Waals surface area (Å²) in [5, 5.41) is 10.8. The second kappa shape index (κ2) is 7.24. The summed E-state index contributed by atoms with van der Waals surface area (Å²) in [6, 6.07) is 3.93. The first-order chi connectivity index (χ1) is 9.40. The van der Waals surface area contributed by atoms with E-state index >= 15 is 0 Å². The summed E-state index contributed by atoms with van der Waals surface area (Å²) in [7, 11) is 0. The first kappa shape index (κ1) is 16.4. The van der Waals surface area contributed by atoms with Crippen LogP contribution in [0.25, 0.3) is 0 Å². The first-order valence-electron chi connectivity index (χ1n) is 6.63. The van der Waals surface area contributed by atoms with Crippen LogP contribution in [0.5, 0.6) is 0 Å². The van der Waals surface area contributed by atoms with Gasteiger partial charge < -0.3 is 4.90 Å². The predicted molar refractivity (Wildman–Crippen MR) is 79.1 cm³/mol. The minimum absolute atomic E-state index is 0.114. The Morgan fingerprint density at radius 3 is 2.55 bits per heavy atom. The number of non-ortho nitro benzene ring substituents is 1. The number of carbonyl (C=O) groups excluding carboxylic acids is 1. The summed E-state index contributed by atoms with van der Waals surface area (Å²) in [6.07, 6.45) is 0.984. The van der Waals surface area contributed by atoms with Gasteiger partial charge in [-0.25, -0.2) is 0 Å². The molecule has 1 aromatic rings. The Balaban J connectivity index is 2.98. The van der Waals surface area contributed by atoms with Gasteiger partial charge in [0, 0.05) is 25.2 Å². The van der Waals surface area contributed by atoms with Gasteiger partial charge in [-0.1, -0.05) is 31.9 Å². The number of hydrogen-bond donors (Lipinski definition) is 0. The Bertz CT molecular complexity index is 505. The second-order valence-corrected chi connectivity index (χ2v) is 5.19. The third-order valence-electron chi connectivity index (χ3n) is 3.29. The van der Waals surface area contributed by atoms with Crippen molar-refractivity contribution in [3.63, 3.8) is 0 Å². The average Bonchev–Trinajstić information content (AvgIpc) is 2.43. The van der Waals surface area contributed by atoms with E-state index in [2.05, 4.69) is 13.8 Å². The van der Waals surface area contributed by atoms with Crippen LogP contribution in [-0.2, 0) is 0 Å². The van der Waals surface area contributed by atoms with E-state index in [1.165, 1.54) is 18.2 Å². The fourth-order valence-electron chi connectivity index (χ4n) is 1.82. The zero-order valence-corrected chi connectivity index (χ0v) is 12.7. The second-order valence-electron chi connectivity index (χ2n) is 4.78. The molecule has 0 aliphatic rings. The maximum absolute atomic E-state index is 12.4. The van der Waals surface area contributed by atoms with E-state index in [-0.39, 0.29) is 16.6 Å². The van der Waals surface area contributed by atoms with Crippen molar-refractivity contribution in [2.45, 2.75) is 27.2 Å². The summed E-state index contributed by atoms with van der Waals surface area (Å²) >= 11 is 5.99. The Kier molecular flexibility index (Phi) is 5.95. The number of amides is 1. The van der Waals surface area contributed by atoms with Gasteiger partial charge >= 0.3 is 0 Å². The van der Waals surface area contributed by atoms with E-state index < -0.39 is 4.92 Å². The summed E-state index contributed by atoms with van der Waals surface area (Å²) in [4.78, 5) is 24.2. The lowest BCUT2D eigenvalue weighted by Crippen LogP contribution is -2.34. The lowest BCUT2D eigenvalue weighted by atomic mass is 10.1. The lowest BCUT2D eigenvalue weighted by molar-refractivity contribution is -0.384. The molecule has 0 radical (unpaired) electrons. The van der Waals surface area contributed by atoms with Gasteiger partial charge in [0.05, 0.1) is 15.5 Å². The van der Waals surface area contributed by atoms with Crippen molar-refractivity contribution in [2.75, 3.05) is 13.1 Å². The standard InChI is InChI=1S/C14H19ClN2O3/c1-4-10(3)9-16(5-2)14(18)12-7-6-11(17(19)20)8-13(12)15/h6-8,10H,4-5,9H2,1-3H3. The quantitative estimate of drug-likeness (QED) is 0.593. The van der Waals surface area contributed by atoms with Crippen molar-refractivity contribution in [1.82, 2.24) is 4.90 Å². The average molecular weight is 299 g/mol. The van der Waals surface area contributed by atoms with E-state index in [9.17, 15) is 14.9 Å². The van der Waals surface area contributed by atoms with Gasteiger partial charge in [-0.3, -0.25) is 14.9 Å². The SMILES string of the molecule is CCC(C)CN(CC)C(=O)c1ccc([N+](=O)[O-])cc1Cl. The molecule has 1 aromatic carbocycles. The number of nitro groups is 1. The summed E-state index contributed by atoms with van der Waals surface area (Å²) in [6.45, 7) is 7.28. The van der Waals surface area contributed by atoms with E-state index in [1.807, 2.05) is 6.92 Å². The first-order valence-corrected chi connectivity index (χ1v) is 7.01. The fourth-order valence-corrected chi connectivity index (χ4v) is 2.08. The van der Waals surface area contributed by atoms with Gasteiger partial charge in [0.25, 0.3) is 11.6 Å². The van der Waals surface area contributed by atoms with Crippen LogP contribution in [0, 0.1) is 16.0 Å². The Morgan fingerprint density at radius 1 is 1.45 bits per heavy atom. The maximum Gasteiger partial charge on any atom is 0.270 e. The smallest absolute Gasteiger partial charge is 0.270 e. The van der Waals surface area contributed by atoms with Gasteiger partial charge in [0.15, 0.2) is 0 Å². The minimum atomic E-state index is -0.531. The van der Waals surface area contributed by atoms with Gasteiger partial charge in [-0.15, -0.1) is 0 Å². The largest absolute Gasteiger partial charge is 0.339 e. The molecule has 0 aliphatic heterocycles. The molecule has 0 aromatic heterocycles. The molecule has 1 rings (SSSR count). The van der Waals surface area contributed by atoms with Crippen LogP contribution in [0.15, 0.2) is 18.2 Å². The van der Waals surface area contributed by atoms with Crippen molar-refractivity contribution < 1.29 is 9.72 Å². The van der Waals surface area contributed by atoms with E-state index in [4.69, 9.17) is 11.6 Å². The van der Waals surface area contributed by atoms with E-state index in [1.54, 1.807) is 4.90 Å². The van der Waals surface area contributed by atoms with Gasteiger partial charge in [0.2, 0.25) is 0 Å². The molecule has 1 atom stereocenters. The molecule has 0 saturated heterocycles. The van der Waals surface area contributed by atoms with E-state index in [0.29, 0.717) is 24.6 Å². The van der Waals surface area contributed by atoms with Crippen LogP contribution >= 0.6 is 11.6 Å². The number of halogens is 1. The Hall–Kier alpha value is -1.62. The molecule has 20 heavy (non-hydrogen) atoms. The molecule has 0 bridgehead atoms.